The van der Waals surface area contributed by atoms with Gasteiger partial charge in [0, 0.05) is 27.0 Å². The van der Waals surface area contributed by atoms with Crippen molar-refractivity contribution >= 4 is 67.0 Å². The molecule has 0 aliphatic rings. The zero-order chi connectivity index (χ0) is 21.7. The van der Waals surface area contributed by atoms with Gasteiger partial charge in [-0.15, -0.1) is 0 Å². The van der Waals surface area contributed by atoms with E-state index in [1.165, 1.54) is 0 Å². The molecule has 0 saturated heterocycles. The molecule has 3 aromatic rings. The molecular weight excluding hydrogens is 532 g/mol. The molecule has 0 aliphatic heterocycles. The van der Waals surface area contributed by atoms with Crippen LogP contribution in [0.25, 0.3) is 0 Å². The van der Waals surface area contributed by atoms with Crippen LogP contribution in [0.5, 0.6) is 5.75 Å². The van der Waals surface area contributed by atoms with Crippen molar-refractivity contribution in [3.8, 4) is 5.75 Å². The molecule has 0 spiro atoms. The van der Waals surface area contributed by atoms with Crippen LogP contribution in [0.15, 0.2) is 68.5 Å². The molecule has 0 saturated carbocycles. The van der Waals surface area contributed by atoms with Crippen LogP contribution in [-0.2, 0) is 4.79 Å². The van der Waals surface area contributed by atoms with Gasteiger partial charge in [-0.3, -0.25) is 9.79 Å². The molecule has 0 unspecified atom stereocenters. The van der Waals surface area contributed by atoms with Crippen LogP contribution in [-0.4, -0.2) is 18.7 Å². The molecule has 30 heavy (non-hydrogen) atoms. The summed E-state index contributed by atoms with van der Waals surface area (Å²) in [6.07, 6.45) is 1.73. The van der Waals surface area contributed by atoms with E-state index in [4.69, 9.17) is 16.3 Å². The van der Waals surface area contributed by atoms with Gasteiger partial charge in [-0.2, -0.15) is 0 Å². The third-order valence-electron chi connectivity index (χ3n) is 4.30. The van der Waals surface area contributed by atoms with Crippen LogP contribution in [0.4, 0.5) is 11.4 Å². The average molecular weight is 551 g/mol. The summed E-state index contributed by atoms with van der Waals surface area (Å²) in [5.74, 6) is 0.249. The maximum Gasteiger partial charge on any atom is 0.262 e. The van der Waals surface area contributed by atoms with Gasteiger partial charge in [0.25, 0.3) is 5.91 Å². The minimum atomic E-state index is -0.286. The van der Waals surface area contributed by atoms with E-state index in [9.17, 15) is 4.79 Å². The van der Waals surface area contributed by atoms with Crippen LogP contribution < -0.4 is 10.1 Å². The molecule has 3 aromatic carbocycles. The number of hydrogen-bond donors (Lipinski definition) is 1. The summed E-state index contributed by atoms with van der Waals surface area (Å²) in [4.78, 5) is 16.9. The number of carbonyl (C=O) groups is 1. The van der Waals surface area contributed by atoms with E-state index in [2.05, 4.69) is 42.2 Å². The van der Waals surface area contributed by atoms with Gasteiger partial charge in [0.05, 0.1) is 10.2 Å². The Morgan fingerprint density at radius 2 is 1.87 bits per heavy atom. The zero-order valence-electron chi connectivity index (χ0n) is 16.4. The SMILES string of the molecule is Cc1ccc(NC(=O)COc2c(Br)cc(Br)cc2C=Nc2ccccc2C)cc1Cl. The lowest BCUT2D eigenvalue weighted by atomic mass is 10.2. The number of para-hydroxylation sites is 1. The molecule has 1 amide bonds. The fourth-order valence-electron chi connectivity index (χ4n) is 2.68. The first-order chi connectivity index (χ1) is 14.3. The Labute approximate surface area is 197 Å². The van der Waals surface area contributed by atoms with E-state index >= 15 is 0 Å². The molecule has 0 atom stereocenters. The van der Waals surface area contributed by atoms with Crippen molar-refractivity contribution in [3.63, 3.8) is 0 Å². The monoisotopic (exact) mass is 548 g/mol. The lowest BCUT2D eigenvalue weighted by Gasteiger charge is -2.12. The lowest BCUT2D eigenvalue weighted by molar-refractivity contribution is -0.118. The third-order valence-corrected chi connectivity index (χ3v) is 5.75. The first-order valence-electron chi connectivity index (χ1n) is 9.11. The highest BCUT2D eigenvalue weighted by atomic mass is 79.9. The number of ether oxygens (including phenoxy) is 1. The molecular formula is C23H19Br2ClN2O2. The molecule has 3 rings (SSSR count). The quantitative estimate of drug-likeness (QED) is 0.329. The van der Waals surface area contributed by atoms with Gasteiger partial charge in [0.15, 0.2) is 6.61 Å². The topological polar surface area (TPSA) is 50.7 Å². The Morgan fingerprint density at radius 3 is 2.60 bits per heavy atom. The van der Waals surface area contributed by atoms with Gasteiger partial charge < -0.3 is 10.1 Å². The van der Waals surface area contributed by atoms with E-state index in [1.54, 1.807) is 18.3 Å². The summed E-state index contributed by atoms with van der Waals surface area (Å²) in [7, 11) is 0. The summed E-state index contributed by atoms with van der Waals surface area (Å²) < 4.78 is 7.41. The minimum Gasteiger partial charge on any atom is -0.482 e. The number of aliphatic imine (C=N–C) groups is 1. The van der Waals surface area contributed by atoms with Gasteiger partial charge in [0.2, 0.25) is 0 Å². The number of rotatable bonds is 6. The van der Waals surface area contributed by atoms with E-state index < -0.39 is 0 Å². The van der Waals surface area contributed by atoms with Crippen molar-refractivity contribution in [2.24, 2.45) is 4.99 Å². The second kappa shape index (κ2) is 10.2. The first-order valence-corrected chi connectivity index (χ1v) is 11.1. The van der Waals surface area contributed by atoms with E-state index in [0.717, 1.165) is 26.9 Å². The zero-order valence-corrected chi connectivity index (χ0v) is 20.3. The van der Waals surface area contributed by atoms with Crippen LogP contribution in [0, 0.1) is 13.8 Å². The van der Waals surface area contributed by atoms with Gasteiger partial charge in [-0.25, -0.2) is 0 Å². The number of nitrogens with one attached hydrogen (secondary N) is 1. The van der Waals surface area contributed by atoms with Gasteiger partial charge in [-0.05, 0) is 71.2 Å². The molecule has 1 N–H and O–H groups in total. The molecule has 0 aromatic heterocycles. The number of anilines is 1. The molecule has 0 fully saturated rings. The van der Waals surface area contributed by atoms with Crippen molar-refractivity contribution in [2.75, 3.05) is 11.9 Å². The summed E-state index contributed by atoms with van der Waals surface area (Å²) >= 11 is 13.1. The average Bonchev–Trinajstić information content (AvgIpc) is 2.69. The number of amides is 1. The minimum absolute atomic E-state index is 0.156. The number of aryl methyl sites for hydroxylation is 2. The predicted molar refractivity (Wildman–Crippen MR) is 131 cm³/mol. The Kier molecular flexibility index (Phi) is 7.69. The second-order valence-corrected chi connectivity index (χ2v) is 8.83. The maximum atomic E-state index is 12.4. The lowest BCUT2D eigenvalue weighted by Crippen LogP contribution is -2.20. The molecule has 7 heteroatoms. The normalized spacial score (nSPS) is 11.0. The van der Waals surface area contributed by atoms with Gasteiger partial charge >= 0.3 is 0 Å². The Morgan fingerprint density at radius 1 is 1.10 bits per heavy atom. The number of nitrogens with zero attached hydrogens (tertiary/aromatic N) is 1. The number of carbonyl (C=O) groups excluding carboxylic acids is 1. The number of benzene rings is 3. The molecule has 154 valence electrons. The van der Waals surface area contributed by atoms with Crippen molar-refractivity contribution in [1.82, 2.24) is 0 Å². The number of hydrogen-bond acceptors (Lipinski definition) is 3. The summed E-state index contributed by atoms with van der Waals surface area (Å²) in [5, 5.41) is 3.39. The first kappa shape index (κ1) is 22.5. The summed E-state index contributed by atoms with van der Waals surface area (Å²) in [6, 6.07) is 17.0. The van der Waals surface area contributed by atoms with Gasteiger partial charge in [-0.1, -0.05) is 51.8 Å². The smallest absolute Gasteiger partial charge is 0.262 e. The van der Waals surface area contributed by atoms with E-state index in [1.807, 2.05) is 56.3 Å². The van der Waals surface area contributed by atoms with Crippen molar-refractivity contribution in [1.29, 1.82) is 0 Å². The van der Waals surface area contributed by atoms with E-state index in [-0.39, 0.29) is 12.5 Å². The highest BCUT2D eigenvalue weighted by Crippen LogP contribution is 2.32. The highest BCUT2D eigenvalue weighted by molar-refractivity contribution is 9.11. The second-order valence-electron chi connectivity index (χ2n) is 6.65. The van der Waals surface area contributed by atoms with Crippen LogP contribution in [0.1, 0.15) is 16.7 Å². The largest absolute Gasteiger partial charge is 0.482 e. The molecule has 4 nitrogen and oxygen atoms in total. The van der Waals surface area contributed by atoms with Crippen LogP contribution in [0.3, 0.4) is 0 Å². The molecule has 0 aliphatic carbocycles. The van der Waals surface area contributed by atoms with Crippen LogP contribution >= 0.6 is 43.5 Å². The number of halogens is 3. The highest BCUT2D eigenvalue weighted by Gasteiger charge is 2.12. The Hall–Kier alpha value is -2.15. The molecule has 0 heterocycles. The molecule has 0 bridgehead atoms. The summed E-state index contributed by atoms with van der Waals surface area (Å²) in [6.45, 7) is 3.75. The van der Waals surface area contributed by atoms with Crippen molar-refractivity contribution < 1.29 is 9.53 Å². The van der Waals surface area contributed by atoms with Crippen LogP contribution in [0.2, 0.25) is 5.02 Å². The van der Waals surface area contributed by atoms with E-state index in [0.29, 0.717) is 20.9 Å². The fraction of sp³-hybridized carbons (Fsp3) is 0.130. The Balaban J connectivity index is 1.76. The molecule has 0 radical (unpaired) electrons. The van der Waals surface area contributed by atoms with Crippen molar-refractivity contribution in [3.05, 3.63) is 85.3 Å². The maximum absolute atomic E-state index is 12.4. The standard InChI is InChI=1S/C23H19Br2ClN2O2/c1-14-7-8-18(11-20(14)26)28-22(29)13-30-23-16(9-17(24)10-19(23)25)12-27-21-6-4-3-5-15(21)2/h3-12H,13H2,1-2H3,(H,28,29). The third kappa shape index (κ3) is 5.94. The van der Waals surface area contributed by atoms with Gasteiger partial charge in [0.1, 0.15) is 5.75 Å². The Bertz CT molecular complexity index is 1120. The fourth-order valence-corrected chi connectivity index (χ4v) is 4.23. The predicted octanol–water partition coefficient (Wildman–Crippen LogP) is 7.25. The summed E-state index contributed by atoms with van der Waals surface area (Å²) in [5.41, 5.74) is 4.25. The van der Waals surface area contributed by atoms with Crippen molar-refractivity contribution in [2.45, 2.75) is 13.8 Å².